The van der Waals surface area contributed by atoms with E-state index in [1.807, 2.05) is 0 Å². The van der Waals surface area contributed by atoms with Crippen molar-refractivity contribution in [3.05, 3.63) is 12.7 Å². The van der Waals surface area contributed by atoms with Crippen molar-refractivity contribution in [3.8, 4) is 0 Å². The summed E-state index contributed by atoms with van der Waals surface area (Å²) in [5.41, 5.74) is 0.860. The van der Waals surface area contributed by atoms with Crippen LogP contribution in [-0.2, 0) is 9.53 Å². The molecule has 2 aromatic heterocycles. The van der Waals surface area contributed by atoms with E-state index >= 15 is 0 Å². The summed E-state index contributed by atoms with van der Waals surface area (Å²) in [4.78, 5) is 23.0. The van der Waals surface area contributed by atoms with E-state index in [4.69, 9.17) is 9.84 Å². The molecule has 3 heterocycles. The molecule has 1 saturated heterocycles. The minimum absolute atomic E-state index is 0.0554. The molecule has 0 bridgehead atoms. The lowest BCUT2D eigenvalue weighted by Crippen LogP contribution is -2.32. The van der Waals surface area contributed by atoms with Crippen LogP contribution in [0, 0.1) is 0 Å². The summed E-state index contributed by atoms with van der Waals surface area (Å²) in [5.74, 6) is -0.516. The van der Waals surface area contributed by atoms with Crippen molar-refractivity contribution in [3.63, 3.8) is 0 Å². The van der Waals surface area contributed by atoms with Gasteiger partial charge in [-0.15, -0.1) is 0 Å². The molecule has 4 atom stereocenters. The van der Waals surface area contributed by atoms with E-state index in [1.165, 1.54) is 12.7 Å². The van der Waals surface area contributed by atoms with Crippen LogP contribution < -0.4 is 5.32 Å². The van der Waals surface area contributed by atoms with Crippen LogP contribution >= 0.6 is 22.6 Å². The summed E-state index contributed by atoms with van der Waals surface area (Å²) in [6.07, 6.45) is -0.639. The Hall–Kier alpha value is -1.57. The third-order valence-electron chi connectivity index (χ3n) is 3.75. The number of carboxylic acid groups (broad SMARTS) is 1. The standard InChI is InChI=1S/C13H16IN5O5/c14-3-6-9(22)10(23)13(24-6)19-5-18-8-11(15-2-1-7(20)21)16-4-17-12(8)19/h4-6,9-10,13,22-23H,1-3H2,(H,20,21)(H,15,16,17)/t6-,9-,10-,13-/m1/s1. The molecule has 0 amide bonds. The van der Waals surface area contributed by atoms with Crippen LogP contribution in [0.3, 0.4) is 0 Å². The second kappa shape index (κ2) is 7.13. The summed E-state index contributed by atoms with van der Waals surface area (Å²) in [6, 6.07) is 0. The number of aliphatic hydroxyl groups is 2. The minimum atomic E-state index is -1.10. The van der Waals surface area contributed by atoms with E-state index in [0.717, 1.165) is 0 Å². The zero-order chi connectivity index (χ0) is 17.3. The number of fused-ring (bicyclic) bond motifs is 1. The Balaban J connectivity index is 1.87. The number of aromatic nitrogens is 4. The van der Waals surface area contributed by atoms with Crippen LogP contribution in [-0.4, -0.2) is 70.1 Å². The highest BCUT2D eigenvalue weighted by molar-refractivity contribution is 14.1. The third kappa shape index (κ3) is 3.16. The van der Waals surface area contributed by atoms with Gasteiger partial charge in [0.05, 0.1) is 18.9 Å². The van der Waals surface area contributed by atoms with Gasteiger partial charge in [0.1, 0.15) is 18.5 Å². The number of rotatable bonds is 6. The van der Waals surface area contributed by atoms with Gasteiger partial charge in [-0.05, 0) is 0 Å². The van der Waals surface area contributed by atoms with Gasteiger partial charge in [-0.1, -0.05) is 22.6 Å². The molecule has 1 fully saturated rings. The minimum Gasteiger partial charge on any atom is -0.481 e. The molecule has 1 aliphatic heterocycles. The van der Waals surface area contributed by atoms with Gasteiger partial charge in [0.2, 0.25) is 0 Å². The second-order valence-corrected chi connectivity index (χ2v) is 6.20. The number of halogens is 1. The largest absolute Gasteiger partial charge is 0.481 e. The average molecular weight is 449 g/mol. The lowest BCUT2D eigenvalue weighted by Gasteiger charge is -2.16. The van der Waals surface area contributed by atoms with E-state index in [0.29, 0.717) is 21.4 Å². The molecule has 2 aromatic rings. The SMILES string of the molecule is O=C(O)CCNc1ncnc2c1ncn2[C@@H]1O[C@H](CI)[C@@H](O)[C@H]1O. The number of nitrogens with zero attached hydrogens (tertiary/aromatic N) is 4. The van der Waals surface area contributed by atoms with Crippen LogP contribution in [0.25, 0.3) is 11.2 Å². The zero-order valence-corrected chi connectivity index (χ0v) is 14.6. The first-order valence-corrected chi connectivity index (χ1v) is 8.76. The summed E-state index contributed by atoms with van der Waals surface area (Å²) in [7, 11) is 0. The zero-order valence-electron chi connectivity index (χ0n) is 12.4. The molecule has 0 aromatic carbocycles. The maximum atomic E-state index is 10.6. The summed E-state index contributed by atoms with van der Waals surface area (Å²) >= 11 is 2.08. The topological polar surface area (TPSA) is 143 Å². The van der Waals surface area contributed by atoms with Crippen molar-refractivity contribution in [1.29, 1.82) is 0 Å². The fourth-order valence-corrected chi connectivity index (χ4v) is 3.27. The van der Waals surface area contributed by atoms with E-state index < -0.39 is 30.5 Å². The Morgan fingerprint density at radius 2 is 2.12 bits per heavy atom. The molecule has 1 aliphatic rings. The number of ether oxygens (including phenoxy) is 1. The maximum absolute atomic E-state index is 10.6. The predicted molar refractivity (Wildman–Crippen MR) is 90.9 cm³/mol. The molecule has 11 heteroatoms. The number of aliphatic carboxylic acids is 1. The number of hydrogen-bond acceptors (Lipinski definition) is 8. The molecule has 4 N–H and O–H groups in total. The van der Waals surface area contributed by atoms with Gasteiger partial charge in [0.25, 0.3) is 0 Å². The van der Waals surface area contributed by atoms with Gasteiger partial charge < -0.3 is 25.4 Å². The number of alkyl halides is 1. The van der Waals surface area contributed by atoms with E-state index in [2.05, 4.69) is 42.9 Å². The Labute approximate surface area is 150 Å². The lowest BCUT2D eigenvalue weighted by atomic mass is 10.1. The van der Waals surface area contributed by atoms with Crippen LogP contribution in [0.1, 0.15) is 12.6 Å². The fraction of sp³-hybridized carbons (Fsp3) is 0.538. The molecule has 130 valence electrons. The quantitative estimate of drug-likeness (QED) is 0.347. The van der Waals surface area contributed by atoms with Crippen LogP contribution in [0.4, 0.5) is 5.82 Å². The van der Waals surface area contributed by atoms with Crippen molar-refractivity contribution in [2.75, 3.05) is 16.3 Å². The molecule has 0 aliphatic carbocycles. The highest BCUT2D eigenvalue weighted by atomic mass is 127. The normalized spacial score (nSPS) is 26.8. The fourth-order valence-electron chi connectivity index (χ4n) is 2.54. The number of hydrogen-bond donors (Lipinski definition) is 4. The molecule has 10 nitrogen and oxygen atoms in total. The van der Waals surface area contributed by atoms with Crippen molar-refractivity contribution in [2.45, 2.75) is 31.0 Å². The number of carbonyl (C=O) groups is 1. The number of aliphatic hydroxyl groups excluding tert-OH is 2. The molecule has 0 saturated carbocycles. The molecule has 3 rings (SSSR count). The maximum Gasteiger partial charge on any atom is 0.305 e. The Bertz CT molecular complexity index is 741. The number of anilines is 1. The van der Waals surface area contributed by atoms with Crippen molar-refractivity contribution in [1.82, 2.24) is 19.5 Å². The summed E-state index contributed by atoms with van der Waals surface area (Å²) in [6.45, 7) is 0.201. The second-order valence-electron chi connectivity index (χ2n) is 5.32. The van der Waals surface area contributed by atoms with Gasteiger partial charge in [0.15, 0.2) is 23.2 Å². The van der Waals surface area contributed by atoms with Gasteiger partial charge in [-0.2, -0.15) is 0 Å². The van der Waals surface area contributed by atoms with Crippen LogP contribution in [0.15, 0.2) is 12.7 Å². The molecule has 0 radical (unpaired) electrons. The first kappa shape index (κ1) is 17.3. The van der Waals surface area contributed by atoms with Crippen LogP contribution in [0.5, 0.6) is 0 Å². The molecule has 0 unspecified atom stereocenters. The molecular weight excluding hydrogens is 433 g/mol. The van der Waals surface area contributed by atoms with Gasteiger partial charge in [-0.25, -0.2) is 15.0 Å². The predicted octanol–water partition coefficient (Wildman–Crippen LogP) is -0.233. The first-order valence-electron chi connectivity index (χ1n) is 7.23. The highest BCUT2D eigenvalue weighted by Gasteiger charge is 2.43. The molecular formula is C13H16IN5O5. The number of carboxylic acids is 1. The number of nitrogens with one attached hydrogen (secondary N) is 1. The van der Waals surface area contributed by atoms with Gasteiger partial charge in [-0.3, -0.25) is 9.36 Å². The summed E-state index contributed by atoms with van der Waals surface area (Å²) < 4.78 is 7.78. The van der Waals surface area contributed by atoms with E-state index in [-0.39, 0.29) is 13.0 Å². The molecule has 24 heavy (non-hydrogen) atoms. The Morgan fingerprint density at radius 1 is 1.33 bits per heavy atom. The molecule has 0 spiro atoms. The van der Waals surface area contributed by atoms with Gasteiger partial charge in [0, 0.05) is 11.0 Å². The first-order chi connectivity index (χ1) is 11.5. The Morgan fingerprint density at radius 3 is 2.79 bits per heavy atom. The highest BCUT2D eigenvalue weighted by Crippen LogP contribution is 2.32. The van der Waals surface area contributed by atoms with E-state index in [1.54, 1.807) is 4.57 Å². The smallest absolute Gasteiger partial charge is 0.305 e. The van der Waals surface area contributed by atoms with E-state index in [9.17, 15) is 15.0 Å². The van der Waals surface area contributed by atoms with Crippen molar-refractivity contribution >= 4 is 45.5 Å². The van der Waals surface area contributed by atoms with Gasteiger partial charge >= 0.3 is 5.97 Å². The average Bonchev–Trinajstić information content (AvgIpc) is 3.10. The van der Waals surface area contributed by atoms with Crippen molar-refractivity contribution in [2.24, 2.45) is 0 Å². The monoisotopic (exact) mass is 449 g/mol. The number of imidazole rings is 1. The van der Waals surface area contributed by atoms with Crippen LogP contribution in [0.2, 0.25) is 0 Å². The lowest BCUT2D eigenvalue weighted by molar-refractivity contribution is -0.136. The Kier molecular flexibility index (Phi) is 5.12. The third-order valence-corrected chi connectivity index (χ3v) is 4.62. The van der Waals surface area contributed by atoms with Crippen molar-refractivity contribution < 1.29 is 24.9 Å². The summed E-state index contributed by atoms with van der Waals surface area (Å²) in [5, 5.41) is 31.8.